The maximum atomic E-state index is 12.3. The lowest BCUT2D eigenvalue weighted by molar-refractivity contribution is -0.125. The van der Waals surface area contributed by atoms with E-state index in [0.29, 0.717) is 5.56 Å². The highest BCUT2D eigenvalue weighted by Crippen LogP contribution is 2.17. The average Bonchev–Trinajstić information content (AvgIpc) is 2.78. The van der Waals surface area contributed by atoms with Crippen LogP contribution in [0, 0.1) is 6.92 Å². The Bertz CT molecular complexity index is 827. The Morgan fingerprint density at radius 1 is 1.07 bits per heavy atom. The van der Waals surface area contributed by atoms with Crippen LogP contribution in [0.2, 0.25) is 0 Å². The number of benzene rings is 2. The molecule has 1 amide bonds. The van der Waals surface area contributed by atoms with Gasteiger partial charge in [0.05, 0.1) is 24.8 Å². The second kappa shape index (κ2) is 10.9. The van der Waals surface area contributed by atoms with E-state index in [4.69, 9.17) is 9.47 Å². The van der Waals surface area contributed by atoms with Crippen molar-refractivity contribution in [2.45, 2.75) is 32.9 Å². The van der Waals surface area contributed by atoms with E-state index in [1.54, 1.807) is 12.1 Å². The van der Waals surface area contributed by atoms with Gasteiger partial charge in [0.25, 0.3) is 5.91 Å². The maximum Gasteiger partial charge on any atom is 0.338 e. The summed E-state index contributed by atoms with van der Waals surface area (Å²) in [5.41, 5.74) is 3.79. The van der Waals surface area contributed by atoms with Gasteiger partial charge in [-0.05, 0) is 36.6 Å². The summed E-state index contributed by atoms with van der Waals surface area (Å²) in [7, 11) is 0. The van der Waals surface area contributed by atoms with E-state index in [9.17, 15) is 9.59 Å². The minimum Gasteiger partial charge on any atom is -0.452 e. The van der Waals surface area contributed by atoms with Gasteiger partial charge in [0.2, 0.25) is 0 Å². The number of hydrogen-bond acceptors (Lipinski definition) is 5. The summed E-state index contributed by atoms with van der Waals surface area (Å²) >= 11 is 0. The van der Waals surface area contributed by atoms with E-state index in [-0.39, 0.29) is 18.6 Å². The minimum absolute atomic E-state index is 0.101. The van der Waals surface area contributed by atoms with E-state index < -0.39 is 5.97 Å². The SMILES string of the molecule is CC[C@@H](NC(=O)COC(=O)c1ccc(CN2CCOCC2)cc1)c1ccc(C)cc1. The Morgan fingerprint density at radius 2 is 1.73 bits per heavy atom. The Morgan fingerprint density at radius 3 is 2.37 bits per heavy atom. The van der Waals surface area contributed by atoms with Gasteiger partial charge >= 0.3 is 5.97 Å². The van der Waals surface area contributed by atoms with Crippen molar-refractivity contribution in [1.29, 1.82) is 0 Å². The van der Waals surface area contributed by atoms with Crippen LogP contribution in [0.3, 0.4) is 0 Å². The molecule has 0 spiro atoms. The molecule has 160 valence electrons. The number of hydrogen-bond donors (Lipinski definition) is 1. The average molecular weight is 411 g/mol. The number of rotatable bonds is 8. The topological polar surface area (TPSA) is 67.9 Å². The van der Waals surface area contributed by atoms with E-state index in [2.05, 4.69) is 10.2 Å². The van der Waals surface area contributed by atoms with Crippen molar-refractivity contribution in [2.24, 2.45) is 0 Å². The first-order valence-electron chi connectivity index (χ1n) is 10.5. The molecule has 1 N–H and O–H groups in total. The number of amides is 1. The Labute approximate surface area is 178 Å². The molecule has 0 saturated carbocycles. The minimum atomic E-state index is -0.494. The molecule has 1 aliphatic heterocycles. The number of aryl methyl sites for hydroxylation is 1. The van der Waals surface area contributed by atoms with Crippen LogP contribution in [0.4, 0.5) is 0 Å². The monoisotopic (exact) mass is 410 g/mol. The second-order valence-electron chi connectivity index (χ2n) is 7.60. The van der Waals surface area contributed by atoms with Gasteiger partial charge in [-0.2, -0.15) is 0 Å². The molecule has 0 aliphatic carbocycles. The molecule has 1 fully saturated rings. The van der Waals surface area contributed by atoms with Crippen LogP contribution in [-0.2, 0) is 20.8 Å². The maximum absolute atomic E-state index is 12.3. The highest BCUT2D eigenvalue weighted by atomic mass is 16.5. The molecule has 3 rings (SSSR count). The van der Waals surface area contributed by atoms with Gasteiger partial charge in [0, 0.05) is 19.6 Å². The molecular weight excluding hydrogens is 380 g/mol. The molecule has 0 radical (unpaired) electrons. The van der Waals surface area contributed by atoms with Crippen molar-refractivity contribution >= 4 is 11.9 Å². The lowest BCUT2D eigenvalue weighted by Crippen LogP contribution is -2.35. The zero-order valence-electron chi connectivity index (χ0n) is 17.7. The molecule has 6 heteroatoms. The third-order valence-corrected chi connectivity index (χ3v) is 5.26. The summed E-state index contributed by atoms with van der Waals surface area (Å²) in [6, 6.07) is 15.3. The standard InChI is InChI=1S/C24H30N2O4/c1-3-22(20-8-4-18(2)5-9-20)25-23(27)17-30-24(28)21-10-6-19(7-11-21)16-26-12-14-29-15-13-26/h4-11,22H,3,12-17H2,1-2H3,(H,25,27)/t22-/m1/s1. The molecule has 1 aliphatic rings. The number of ether oxygens (including phenoxy) is 2. The van der Waals surface area contributed by atoms with Crippen LogP contribution in [0.5, 0.6) is 0 Å². The largest absolute Gasteiger partial charge is 0.452 e. The summed E-state index contributed by atoms with van der Waals surface area (Å²) in [5, 5.41) is 2.93. The van der Waals surface area contributed by atoms with Crippen molar-refractivity contribution < 1.29 is 19.1 Å². The Balaban J connectivity index is 1.46. The van der Waals surface area contributed by atoms with E-state index >= 15 is 0 Å². The molecule has 1 heterocycles. The van der Waals surface area contributed by atoms with Gasteiger partial charge in [-0.25, -0.2) is 4.79 Å². The number of esters is 1. The lowest BCUT2D eigenvalue weighted by atomic mass is 10.0. The third-order valence-electron chi connectivity index (χ3n) is 5.26. The molecule has 0 bridgehead atoms. The molecule has 6 nitrogen and oxygen atoms in total. The van der Waals surface area contributed by atoms with Crippen molar-refractivity contribution in [3.63, 3.8) is 0 Å². The fourth-order valence-corrected chi connectivity index (χ4v) is 3.43. The smallest absolute Gasteiger partial charge is 0.338 e. The summed E-state index contributed by atoms with van der Waals surface area (Å²) in [6.45, 7) is 7.92. The highest BCUT2D eigenvalue weighted by molar-refractivity contribution is 5.91. The van der Waals surface area contributed by atoms with Gasteiger partial charge in [-0.1, -0.05) is 48.9 Å². The molecule has 1 saturated heterocycles. The summed E-state index contributed by atoms with van der Waals surface area (Å²) in [4.78, 5) is 26.9. The molecular formula is C24H30N2O4. The quantitative estimate of drug-likeness (QED) is 0.677. The first-order valence-corrected chi connectivity index (χ1v) is 10.5. The third kappa shape index (κ3) is 6.40. The number of morpholine rings is 1. The molecule has 30 heavy (non-hydrogen) atoms. The fraction of sp³-hybridized carbons (Fsp3) is 0.417. The van der Waals surface area contributed by atoms with Gasteiger partial charge in [-0.15, -0.1) is 0 Å². The number of carbonyl (C=O) groups excluding carboxylic acids is 2. The Hall–Kier alpha value is -2.70. The lowest BCUT2D eigenvalue weighted by Gasteiger charge is -2.26. The van der Waals surface area contributed by atoms with Crippen molar-refractivity contribution in [3.05, 3.63) is 70.8 Å². The molecule has 2 aromatic rings. The van der Waals surface area contributed by atoms with Crippen LogP contribution in [0.25, 0.3) is 0 Å². The van der Waals surface area contributed by atoms with Crippen LogP contribution >= 0.6 is 0 Å². The zero-order chi connectivity index (χ0) is 21.3. The zero-order valence-corrected chi connectivity index (χ0v) is 17.7. The second-order valence-corrected chi connectivity index (χ2v) is 7.60. The van der Waals surface area contributed by atoms with Crippen molar-refractivity contribution in [2.75, 3.05) is 32.9 Å². The van der Waals surface area contributed by atoms with Crippen molar-refractivity contribution in [3.8, 4) is 0 Å². The summed E-state index contributed by atoms with van der Waals surface area (Å²) < 4.78 is 10.6. The Kier molecular flexibility index (Phi) is 7.99. The van der Waals surface area contributed by atoms with Gasteiger partial charge in [-0.3, -0.25) is 9.69 Å². The van der Waals surface area contributed by atoms with Gasteiger partial charge in [0.15, 0.2) is 6.61 Å². The van der Waals surface area contributed by atoms with Crippen LogP contribution < -0.4 is 5.32 Å². The fourth-order valence-electron chi connectivity index (χ4n) is 3.43. The predicted molar refractivity (Wildman–Crippen MR) is 115 cm³/mol. The number of carbonyl (C=O) groups is 2. The van der Waals surface area contributed by atoms with Gasteiger partial charge in [0.1, 0.15) is 0 Å². The van der Waals surface area contributed by atoms with Crippen LogP contribution in [0.1, 0.15) is 46.4 Å². The molecule has 0 aromatic heterocycles. The number of nitrogens with one attached hydrogen (secondary N) is 1. The first-order chi connectivity index (χ1) is 14.5. The van der Waals surface area contributed by atoms with Crippen LogP contribution in [0.15, 0.2) is 48.5 Å². The van der Waals surface area contributed by atoms with E-state index in [1.165, 1.54) is 5.56 Å². The van der Waals surface area contributed by atoms with Gasteiger partial charge < -0.3 is 14.8 Å². The summed E-state index contributed by atoms with van der Waals surface area (Å²) in [6.07, 6.45) is 0.757. The summed E-state index contributed by atoms with van der Waals surface area (Å²) in [5.74, 6) is -0.800. The molecule has 2 aromatic carbocycles. The molecule has 0 unspecified atom stereocenters. The highest BCUT2D eigenvalue weighted by Gasteiger charge is 2.16. The normalized spacial score (nSPS) is 15.4. The first kappa shape index (κ1) is 22.0. The molecule has 1 atom stereocenters. The predicted octanol–water partition coefficient (Wildman–Crippen LogP) is 3.25. The number of nitrogens with zero attached hydrogens (tertiary/aromatic N) is 1. The van der Waals surface area contributed by atoms with E-state index in [0.717, 1.165) is 50.4 Å². The van der Waals surface area contributed by atoms with E-state index in [1.807, 2.05) is 50.2 Å². The van der Waals surface area contributed by atoms with Crippen LogP contribution in [-0.4, -0.2) is 49.7 Å². The van der Waals surface area contributed by atoms with Crippen molar-refractivity contribution in [1.82, 2.24) is 10.2 Å².